The Hall–Kier alpha value is -2.34. The van der Waals surface area contributed by atoms with Crippen LogP contribution in [-0.2, 0) is 17.9 Å². The van der Waals surface area contributed by atoms with Gasteiger partial charge in [-0.15, -0.1) is 0 Å². The summed E-state index contributed by atoms with van der Waals surface area (Å²) in [6, 6.07) is 9.65. The van der Waals surface area contributed by atoms with Crippen molar-refractivity contribution in [2.75, 3.05) is 25.0 Å². The van der Waals surface area contributed by atoms with Crippen LogP contribution in [0.4, 0.5) is 5.69 Å². The molecule has 1 aliphatic rings. The van der Waals surface area contributed by atoms with Gasteiger partial charge in [-0.2, -0.15) is 5.10 Å². The van der Waals surface area contributed by atoms with Gasteiger partial charge in [-0.05, 0) is 32.0 Å². The Labute approximate surface area is 142 Å². The fraction of sp³-hybridized carbons (Fsp3) is 0.444. The predicted octanol–water partition coefficient (Wildman–Crippen LogP) is 2.43. The zero-order valence-corrected chi connectivity index (χ0v) is 14.3. The maximum Gasteiger partial charge on any atom is 0.225 e. The molecule has 0 atom stereocenters. The van der Waals surface area contributed by atoms with E-state index in [1.165, 1.54) is 5.69 Å². The first-order valence-corrected chi connectivity index (χ1v) is 8.43. The van der Waals surface area contributed by atoms with Crippen molar-refractivity contribution in [2.45, 2.75) is 33.4 Å². The SMILES string of the molecule is CCOc1ccccc1NC(=O)CCN1CCn2nc(C)cc2C1. The highest BCUT2D eigenvalue weighted by Crippen LogP contribution is 2.23. The van der Waals surface area contributed by atoms with Crippen LogP contribution < -0.4 is 10.1 Å². The second kappa shape index (κ2) is 7.49. The number of ether oxygens (including phenoxy) is 1. The monoisotopic (exact) mass is 328 g/mol. The lowest BCUT2D eigenvalue weighted by Crippen LogP contribution is -2.35. The first-order chi connectivity index (χ1) is 11.7. The number of hydrogen-bond donors (Lipinski definition) is 1. The quantitative estimate of drug-likeness (QED) is 0.885. The number of para-hydroxylation sites is 2. The largest absolute Gasteiger partial charge is 0.492 e. The van der Waals surface area contributed by atoms with Gasteiger partial charge in [0, 0.05) is 26.1 Å². The number of rotatable bonds is 6. The lowest BCUT2D eigenvalue weighted by molar-refractivity contribution is -0.116. The topological polar surface area (TPSA) is 59.4 Å². The Kier molecular flexibility index (Phi) is 5.15. The third-order valence-corrected chi connectivity index (χ3v) is 4.12. The van der Waals surface area contributed by atoms with Crippen molar-refractivity contribution in [2.24, 2.45) is 0 Å². The molecule has 0 radical (unpaired) electrons. The van der Waals surface area contributed by atoms with E-state index < -0.39 is 0 Å². The number of amides is 1. The summed E-state index contributed by atoms with van der Waals surface area (Å²) in [6.45, 7) is 7.93. The number of aryl methyl sites for hydroxylation is 1. The summed E-state index contributed by atoms with van der Waals surface area (Å²) in [6.07, 6.45) is 0.466. The normalized spacial score (nSPS) is 14.2. The molecule has 6 nitrogen and oxygen atoms in total. The molecule has 1 aromatic carbocycles. The van der Waals surface area contributed by atoms with E-state index in [1.54, 1.807) is 0 Å². The number of nitrogens with one attached hydrogen (secondary N) is 1. The van der Waals surface area contributed by atoms with Crippen LogP contribution in [0.5, 0.6) is 5.75 Å². The van der Waals surface area contributed by atoms with Gasteiger partial charge >= 0.3 is 0 Å². The number of aromatic nitrogens is 2. The average Bonchev–Trinajstić information content (AvgIpc) is 2.94. The third-order valence-electron chi connectivity index (χ3n) is 4.12. The fourth-order valence-electron chi connectivity index (χ4n) is 2.98. The zero-order chi connectivity index (χ0) is 16.9. The molecule has 1 N–H and O–H groups in total. The smallest absolute Gasteiger partial charge is 0.225 e. The molecule has 6 heteroatoms. The molecule has 2 aromatic rings. The first-order valence-electron chi connectivity index (χ1n) is 8.43. The molecule has 0 spiro atoms. The van der Waals surface area contributed by atoms with Crippen LogP contribution in [0.3, 0.4) is 0 Å². The van der Waals surface area contributed by atoms with E-state index in [-0.39, 0.29) is 5.91 Å². The summed E-state index contributed by atoms with van der Waals surface area (Å²) in [7, 11) is 0. The second-order valence-electron chi connectivity index (χ2n) is 6.00. The predicted molar refractivity (Wildman–Crippen MR) is 93.1 cm³/mol. The summed E-state index contributed by atoms with van der Waals surface area (Å²) in [5.41, 5.74) is 3.01. The standard InChI is InChI=1S/C18H24N4O2/c1-3-24-17-7-5-4-6-16(17)19-18(23)8-9-21-10-11-22-15(13-21)12-14(2)20-22/h4-7,12H,3,8-11,13H2,1-2H3,(H,19,23). The number of hydrogen-bond acceptors (Lipinski definition) is 4. The summed E-state index contributed by atoms with van der Waals surface area (Å²) in [4.78, 5) is 14.5. The van der Waals surface area contributed by atoms with E-state index in [0.29, 0.717) is 18.8 Å². The lowest BCUT2D eigenvalue weighted by atomic mass is 10.2. The number of nitrogens with zero attached hydrogens (tertiary/aromatic N) is 3. The van der Waals surface area contributed by atoms with E-state index in [4.69, 9.17) is 4.74 Å². The van der Waals surface area contributed by atoms with E-state index in [9.17, 15) is 4.79 Å². The molecular weight excluding hydrogens is 304 g/mol. The molecule has 0 fully saturated rings. The highest BCUT2D eigenvalue weighted by atomic mass is 16.5. The van der Waals surface area contributed by atoms with Crippen LogP contribution in [0.25, 0.3) is 0 Å². The fourth-order valence-corrected chi connectivity index (χ4v) is 2.98. The minimum Gasteiger partial charge on any atom is -0.492 e. The van der Waals surface area contributed by atoms with Gasteiger partial charge in [-0.25, -0.2) is 0 Å². The van der Waals surface area contributed by atoms with Crippen LogP contribution in [0.1, 0.15) is 24.7 Å². The number of benzene rings is 1. The van der Waals surface area contributed by atoms with Gasteiger partial charge in [0.05, 0.1) is 30.2 Å². The maximum absolute atomic E-state index is 12.3. The molecule has 1 amide bonds. The minimum absolute atomic E-state index is 0.0115. The molecule has 0 aliphatic carbocycles. The van der Waals surface area contributed by atoms with Crippen LogP contribution in [0, 0.1) is 6.92 Å². The Morgan fingerprint density at radius 3 is 3.00 bits per heavy atom. The van der Waals surface area contributed by atoms with E-state index in [0.717, 1.165) is 37.6 Å². The van der Waals surface area contributed by atoms with Gasteiger partial charge in [0.15, 0.2) is 0 Å². The summed E-state index contributed by atoms with van der Waals surface area (Å²) in [5.74, 6) is 0.725. The van der Waals surface area contributed by atoms with Crippen molar-refractivity contribution in [3.8, 4) is 5.75 Å². The number of fused-ring (bicyclic) bond motifs is 1. The molecule has 2 heterocycles. The summed E-state index contributed by atoms with van der Waals surface area (Å²) in [5, 5.41) is 7.41. The number of anilines is 1. The Balaban J connectivity index is 1.51. The molecule has 0 unspecified atom stereocenters. The molecule has 1 aromatic heterocycles. The molecule has 0 saturated carbocycles. The summed E-state index contributed by atoms with van der Waals surface area (Å²) >= 11 is 0. The Bertz CT molecular complexity index is 711. The van der Waals surface area contributed by atoms with Crippen molar-refractivity contribution in [1.29, 1.82) is 0 Å². The van der Waals surface area contributed by atoms with Crippen LogP contribution in [-0.4, -0.2) is 40.3 Å². The van der Waals surface area contributed by atoms with Gasteiger partial charge < -0.3 is 10.1 Å². The van der Waals surface area contributed by atoms with Gasteiger partial charge in [-0.3, -0.25) is 14.4 Å². The van der Waals surface area contributed by atoms with Crippen molar-refractivity contribution in [3.63, 3.8) is 0 Å². The van der Waals surface area contributed by atoms with Crippen molar-refractivity contribution >= 4 is 11.6 Å². The van der Waals surface area contributed by atoms with Gasteiger partial charge in [0.25, 0.3) is 0 Å². The first kappa shape index (κ1) is 16.5. The molecule has 3 rings (SSSR count). The molecule has 1 aliphatic heterocycles. The highest BCUT2D eigenvalue weighted by Gasteiger charge is 2.18. The molecule has 0 bridgehead atoms. The molecular formula is C18H24N4O2. The van der Waals surface area contributed by atoms with Crippen LogP contribution in [0.15, 0.2) is 30.3 Å². The number of carbonyl (C=O) groups excluding carboxylic acids is 1. The number of carbonyl (C=O) groups is 1. The van der Waals surface area contributed by atoms with Gasteiger partial charge in [0.2, 0.25) is 5.91 Å². The van der Waals surface area contributed by atoms with E-state index in [2.05, 4.69) is 26.1 Å². The summed E-state index contributed by atoms with van der Waals surface area (Å²) < 4.78 is 7.60. The maximum atomic E-state index is 12.3. The molecule has 0 saturated heterocycles. The average molecular weight is 328 g/mol. The second-order valence-corrected chi connectivity index (χ2v) is 6.00. The van der Waals surface area contributed by atoms with Gasteiger partial charge in [0.1, 0.15) is 5.75 Å². The Morgan fingerprint density at radius 2 is 2.17 bits per heavy atom. The Morgan fingerprint density at radius 1 is 1.33 bits per heavy atom. The van der Waals surface area contributed by atoms with Crippen molar-refractivity contribution in [3.05, 3.63) is 41.7 Å². The van der Waals surface area contributed by atoms with E-state index in [1.807, 2.05) is 38.1 Å². The van der Waals surface area contributed by atoms with Gasteiger partial charge in [-0.1, -0.05) is 12.1 Å². The van der Waals surface area contributed by atoms with Crippen LogP contribution >= 0.6 is 0 Å². The third kappa shape index (κ3) is 3.94. The van der Waals surface area contributed by atoms with Crippen molar-refractivity contribution < 1.29 is 9.53 Å². The van der Waals surface area contributed by atoms with E-state index >= 15 is 0 Å². The minimum atomic E-state index is 0.0115. The van der Waals surface area contributed by atoms with Crippen molar-refractivity contribution in [1.82, 2.24) is 14.7 Å². The zero-order valence-electron chi connectivity index (χ0n) is 14.3. The van der Waals surface area contributed by atoms with Crippen LogP contribution in [0.2, 0.25) is 0 Å². The molecule has 128 valence electrons. The molecule has 24 heavy (non-hydrogen) atoms. The lowest BCUT2D eigenvalue weighted by Gasteiger charge is -2.27. The highest BCUT2D eigenvalue weighted by molar-refractivity contribution is 5.92.